The van der Waals surface area contributed by atoms with Crippen LogP contribution in [0.2, 0.25) is 0 Å². The summed E-state index contributed by atoms with van der Waals surface area (Å²) in [4.78, 5) is 38.1. The Morgan fingerprint density at radius 1 is 1.21 bits per heavy atom. The lowest BCUT2D eigenvalue weighted by atomic mass is 9.80. The van der Waals surface area contributed by atoms with E-state index in [0.29, 0.717) is 12.8 Å². The minimum Gasteiger partial charge on any atom is -0.478 e. The smallest absolute Gasteiger partial charge is 0.331 e. The van der Waals surface area contributed by atoms with Crippen molar-refractivity contribution in [1.82, 2.24) is 10.2 Å². The maximum absolute atomic E-state index is 12.8. The zero-order chi connectivity index (χ0) is 22.2. The van der Waals surface area contributed by atoms with Crippen molar-refractivity contribution in [2.24, 2.45) is 11.3 Å². The lowest BCUT2D eigenvalue weighted by Gasteiger charge is -2.31. The number of carbonyl (C=O) groups is 3. The second-order valence-electron chi connectivity index (χ2n) is 8.15. The topological polar surface area (TPSA) is 86.7 Å². The molecule has 0 radical (unpaired) electrons. The number of benzene rings is 1. The van der Waals surface area contributed by atoms with Crippen LogP contribution in [0, 0.1) is 11.3 Å². The van der Waals surface area contributed by atoms with Gasteiger partial charge in [-0.3, -0.25) is 9.59 Å². The van der Waals surface area contributed by atoms with Crippen LogP contribution in [-0.2, 0) is 20.8 Å². The van der Waals surface area contributed by atoms with Crippen molar-refractivity contribution in [3.05, 3.63) is 47.5 Å². The summed E-state index contributed by atoms with van der Waals surface area (Å²) in [7, 11) is 1.63. The molecular formula is C23H34N2O4. The van der Waals surface area contributed by atoms with Crippen LogP contribution in [-0.4, -0.2) is 47.4 Å². The van der Waals surface area contributed by atoms with Crippen molar-refractivity contribution in [2.75, 3.05) is 13.6 Å². The number of carbonyl (C=O) groups excluding carboxylic acids is 2. The Labute approximate surface area is 174 Å². The molecule has 1 aromatic rings. The van der Waals surface area contributed by atoms with E-state index in [-0.39, 0.29) is 35.9 Å². The molecule has 0 aliphatic heterocycles. The fourth-order valence-electron chi connectivity index (χ4n) is 3.15. The Kier molecular flexibility index (Phi) is 9.08. The van der Waals surface area contributed by atoms with Gasteiger partial charge in [-0.15, -0.1) is 0 Å². The van der Waals surface area contributed by atoms with E-state index in [1.807, 2.05) is 58.0 Å². The first-order valence-electron chi connectivity index (χ1n) is 10.0. The predicted octanol–water partition coefficient (Wildman–Crippen LogP) is 3.28. The van der Waals surface area contributed by atoms with Crippen molar-refractivity contribution in [3.8, 4) is 0 Å². The van der Waals surface area contributed by atoms with Gasteiger partial charge >= 0.3 is 5.97 Å². The Hall–Kier alpha value is -2.63. The van der Waals surface area contributed by atoms with Crippen molar-refractivity contribution in [3.63, 3.8) is 0 Å². The molecule has 0 saturated carbocycles. The fourth-order valence-corrected chi connectivity index (χ4v) is 3.15. The number of amides is 2. The maximum atomic E-state index is 12.8. The van der Waals surface area contributed by atoms with Gasteiger partial charge in [0, 0.05) is 12.6 Å². The largest absolute Gasteiger partial charge is 0.478 e. The molecule has 6 heteroatoms. The summed E-state index contributed by atoms with van der Waals surface area (Å²) < 4.78 is 0. The van der Waals surface area contributed by atoms with E-state index < -0.39 is 11.4 Å². The first kappa shape index (κ1) is 24.4. The second kappa shape index (κ2) is 10.8. The molecule has 0 saturated heterocycles. The molecule has 160 valence electrons. The third-order valence-electron chi connectivity index (χ3n) is 5.45. The summed E-state index contributed by atoms with van der Waals surface area (Å²) in [5, 5.41) is 11.9. The van der Waals surface area contributed by atoms with Crippen LogP contribution in [0.5, 0.6) is 0 Å². The van der Waals surface area contributed by atoms with E-state index in [2.05, 4.69) is 5.32 Å². The van der Waals surface area contributed by atoms with Gasteiger partial charge in [0.15, 0.2) is 0 Å². The summed E-state index contributed by atoms with van der Waals surface area (Å²) in [5.74, 6) is -1.40. The van der Waals surface area contributed by atoms with Gasteiger partial charge in [-0.1, -0.05) is 64.1 Å². The van der Waals surface area contributed by atoms with Crippen LogP contribution in [0.15, 0.2) is 42.0 Å². The van der Waals surface area contributed by atoms with E-state index in [9.17, 15) is 14.4 Å². The average molecular weight is 403 g/mol. The summed E-state index contributed by atoms with van der Waals surface area (Å²) in [5.41, 5.74) is 0.649. The van der Waals surface area contributed by atoms with Crippen LogP contribution < -0.4 is 5.32 Å². The Morgan fingerprint density at radius 3 is 2.28 bits per heavy atom. The van der Waals surface area contributed by atoms with Gasteiger partial charge in [0.05, 0.1) is 18.0 Å². The zero-order valence-electron chi connectivity index (χ0n) is 18.4. The summed E-state index contributed by atoms with van der Waals surface area (Å²) in [6, 6.07) is 9.44. The van der Waals surface area contributed by atoms with Crippen molar-refractivity contribution < 1.29 is 19.5 Å². The Bertz CT molecular complexity index is 743. The average Bonchev–Trinajstić information content (AvgIpc) is 2.69. The maximum Gasteiger partial charge on any atom is 0.331 e. The molecular weight excluding hydrogens is 368 g/mol. The van der Waals surface area contributed by atoms with Gasteiger partial charge in [-0.25, -0.2) is 4.79 Å². The minimum absolute atomic E-state index is 0.0351. The Morgan fingerprint density at radius 2 is 1.79 bits per heavy atom. The lowest BCUT2D eigenvalue weighted by molar-refractivity contribution is -0.136. The van der Waals surface area contributed by atoms with E-state index in [0.717, 1.165) is 5.56 Å². The van der Waals surface area contributed by atoms with Crippen LogP contribution in [0.3, 0.4) is 0 Å². The molecule has 29 heavy (non-hydrogen) atoms. The number of nitrogens with one attached hydrogen (secondary N) is 1. The molecule has 0 aliphatic rings. The number of hydrogen-bond donors (Lipinski definition) is 2. The quantitative estimate of drug-likeness (QED) is 0.588. The van der Waals surface area contributed by atoms with Gasteiger partial charge in [-0.2, -0.15) is 0 Å². The third kappa shape index (κ3) is 7.04. The Balaban J connectivity index is 2.80. The normalized spacial score (nSPS) is 14.8. The van der Waals surface area contributed by atoms with Crippen LogP contribution in [0.4, 0.5) is 0 Å². The second-order valence-corrected chi connectivity index (χ2v) is 8.15. The third-order valence-corrected chi connectivity index (χ3v) is 5.45. The number of rotatable bonds is 10. The monoisotopic (exact) mass is 402 g/mol. The molecule has 2 amide bonds. The van der Waals surface area contributed by atoms with Crippen LogP contribution >= 0.6 is 0 Å². The van der Waals surface area contributed by atoms with E-state index in [4.69, 9.17) is 5.11 Å². The number of nitrogens with zero attached hydrogens (tertiary/aromatic N) is 1. The summed E-state index contributed by atoms with van der Waals surface area (Å²) >= 11 is 0. The molecule has 0 aromatic heterocycles. The minimum atomic E-state index is -1.01. The number of likely N-dealkylation sites (N-methyl/N-ethyl adjacent to an activating group) is 1. The summed E-state index contributed by atoms with van der Waals surface area (Å²) in [6.45, 7) is 9.10. The lowest BCUT2D eigenvalue weighted by Crippen LogP contribution is -2.48. The van der Waals surface area contributed by atoms with Gasteiger partial charge in [0.1, 0.15) is 0 Å². The highest BCUT2D eigenvalue weighted by Gasteiger charge is 2.32. The molecule has 2 atom stereocenters. The molecule has 1 rings (SSSR count). The first-order chi connectivity index (χ1) is 13.5. The molecule has 0 bridgehead atoms. The van der Waals surface area contributed by atoms with E-state index in [1.165, 1.54) is 11.8 Å². The first-order valence-corrected chi connectivity index (χ1v) is 10.0. The van der Waals surface area contributed by atoms with E-state index >= 15 is 0 Å². The number of hydrogen-bond acceptors (Lipinski definition) is 3. The van der Waals surface area contributed by atoms with E-state index in [1.54, 1.807) is 13.1 Å². The van der Waals surface area contributed by atoms with Gasteiger partial charge in [-0.05, 0) is 31.2 Å². The fraction of sp³-hybridized carbons (Fsp3) is 0.522. The number of carboxylic acid groups (broad SMARTS) is 1. The van der Waals surface area contributed by atoms with Crippen LogP contribution in [0.1, 0.15) is 46.6 Å². The molecule has 2 N–H and O–H groups in total. The molecule has 0 fully saturated rings. The molecule has 0 spiro atoms. The zero-order valence-corrected chi connectivity index (χ0v) is 18.4. The van der Waals surface area contributed by atoms with Gasteiger partial charge < -0.3 is 15.3 Å². The molecule has 1 aromatic carbocycles. The molecule has 0 aliphatic carbocycles. The molecule has 0 heterocycles. The van der Waals surface area contributed by atoms with Crippen molar-refractivity contribution in [2.45, 2.75) is 53.5 Å². The van der Waals surface area contributed by atoms with Gasteiger partial charge in [0.2, 0.25) is 11.8 Å². The standard InChI is InChI=1S/C23H34N2O4/c1-7-23(5,14-18-11-9-8-10-12-18)22(29)24-15-20(26)25(6)19(16(2)3)13-17(4)21(27)28/h8-13,16,19H,7,14-15H2,1-6H3,(H,24,29)(H,27,28)/b17-13+/t19-,23?/m1/s1. The van der Waals surface area contributed by atoms with Crippen LogP contribution in [0.25, 0.3) is 0 Å². The highest BCUT2D eigenvalue weighted by atomic mass is 16.4. The number of aliphatic carboxylic acids is 1. The molecule has 6 nitrogen and oxygen atoms in total. The molecule has 1 unspecified atom stereocenters. The SMILES string of the molecule is CCC(C)(Cc1ccccc1)C(=O)NCC(=O)N(C)[C@H](/C=C(\C)C(=O)O)C(C)C. The van der Waals surface area contributed by atoms with Gasteiger partial charge in [0.25, 0.3) is 0 Å². The number of carboxylic acids is 1. The predicted molar refractivity (Wildman–Crippen MR) is 114 cm³/mol. The van der Waals surface area contributed by atoms with Crippen molar-refractivity contribution in [1.29, 1.82) is 0 Å². The van der Waals surface area contributed by atoms with Crippen molar-refractivity contribution >= 4 is 17.8 Å². The highest BCUT2D eigenvalue weighted by Crippen LogP contribution is 2.26. The summed E-state index contributed by atoms with van der Waals surface area (Å²) in [6.07, 6.45) is 2.82. The highest BCUT2D eigenvalue weighted by molar-refractivity contribution is 5.88.